The zero-order valence-electron chi connectivity index (χ0n) is 11.0. The third-order valence-electron chi connectivity index (χ3n) is 3.04. The van der Waals surface area contributed by atoms with E-state index in [0.717, 1.165) is 24.3 Å². The van der Waals surface area contributed by atoms with Crippen molar-refractivity contribution in [3.8, 4) is 11.5 Å². The van der Waals surface area contributed by atoms with Crippen molar-refractivity contribution in [2.75, 3.05) is 14.2 Å². The quantitative estimate of drug-likeness (QED) is 0.710. The number of alkyl halides is 1. The monoisotopic (exact) mass is 256 g/mol. The Bertz CT molecular complexity index is 352. The minimum absolute atomic E-state index is 0.165. The molecule has 0 spiro atoms. The highest BCUT2D eigenvalue weighted by atomic mass is 35.5. The Morgan fingerprint density at radius 1 is 1.18 bits per heavy atom. The summed E-state index contributed by atoms with van der Waals surface area (Å²) in [6.07, 6.45) is 2.13. The average Bonchev–Trinajstić information content (AvgIpc) is 2.37. The van der Waals surface area contributed by atoms with Crippen LogP contribution in [0.15, 0.2) is 18.2 Å². The normalized spacial score (nSPS) is 14.2. The molecule has 3 heteroatoms. The van der Waals surface area contributed by atoms with Crippen LogP contribution in [0.4, 0.5) is 0 Å². The predicted octanol–water partition coefficient (Wildman–Crippen LogP) is 4.21. The summed E-state index contributed by atoms with van der Waals surface area (Å²) in [5.74, 6) is 1.83. The van der Waals surface area contributed by atoms with Gasteiger partial charge in [-0.2, -0.15) is 0 Å². The van der Waals surface area contributed by atoms with Crippen LogP contribution in [0.2, 0.25) is 0 Å². The van der Waals surface area contributed by atoms with Crippen LogP contribution in [0.1, 0.15) is 38.2 Å². The van der Waals surface area contributed by atoms with E-state index in [-0.39, 0.29) is 5.38 Å². The maximum absolute atomic E-state index is 6.36. The fraction of sp³-hybridized carbons (Fsp3) is 0.571. The third-order valence-corrected chi connectivity index (χ3v) is 3.64. The number of hydrogen-bond donors (Lipinski definition) is 0. The van der Waals surface area contributed by atoms with Crippen LogP contribution in [0.3, 0.4) is 0 Å². The van der Waals surface area contributed by atoms with E-state index in [1.165, 1.54) is 5.56 Å². The molecule has 0 radical (unpaired) electrons. The topological polar surface area (TPSA) is 18.5 Å². The van der Waals surface area contributed by atoms with E-state index in [1.54, 1.807) is 14.2 Å². The Balaban J connectivity index is 2.91. The van der Waals surface area contributed by atoms with Gasteiger partial charge in [0.2, 0.25) is 0 Å². The van der Waals surface area contributed by atoms with Gasteiger partial charge in [0, 0.05) is 5.38 Å². The van der Waals surface area contributed by atoms with Gasteiger partial charge in [0.15, 0.2) is 11.5 Å². The maximum atomic E-state index is 6.36. The average molecular weight is 257 g/mol. The minimum Gasteiger partial charge on any atom is -0.493 e. The predicted molar refractivity (Wildman–Crippen MR) is 72.5 cm³/mol. The van der Waals surface area contributed by atoms with Crippen molar-refractivity contribution in [2.45, 2.75) is 38.0 Å². The van der Waals surface area contributed by atoms with Gasteiger partial charge in [0.05, 0.1) is 14.2 Å². The molecule has 0 saturated carbocycles. The fourth-order valence-electron chi connectivity index (χ4n) is 1.87. The van der Waals surface area contributed by atoms with E-state index >= 15 is 0 Å². The first kappa shape index (κ1) is 14.2. The summed E-state index contributed by atoms with van der Waals surface area (Å²) in [5.41, 5.74) is 1.19. The molecule has 0 aliphatic rings. The molecule has 2 atom stereocenters. The molecule has 0 bridgehead atoms. The van der Waals surface area contributed by atoms with Crippen molar-refractivity contribution in [3.05, 3.63) is 23.8 Å². The molecule has 96 valence electrons. The summed E-state index contributed by atoms with van der Waals surface area (Å²) < 4.78 is 10.5. The standard InChI is InChI=1S/C14H21ClO2/c1-5-6-12(15)10(2)11-7-8-13(16-3)14(9-11)17-4/h7-10,12H,5-6H2,1-4H3. The Morgan fingerprint density at radius 3 is 2.35 bits per heavy atom. The summed E-state index contributed by atoms with van der Waals surface area (Å²) in [5, 5.41) is 0.165. The van der Waals surface area contributed by atoms with Gasteiger partial charge in [-0.15, -0.1) is 11.6 Å². The number of methoxy groups -OCH3 is 2. The van der Waals surface area contributed by atoms with Crippen LogP contribution in [0.25, 0.3) is 0 Å². The van der Waals surface area contributed by atoms with Crippen molar-refractivity contribution in [3.63, 3.8) is 0 Å². The van der Waals surface area contributed by atoms with Gasteiger partial charge in [-0.1, -0.05) is 26.3 Å². The molecular weight excluding hydrogens is 236 g/mol. The molecule has 0 saturated heterocycles. The minimum atomic E-state index is 0.165. The van der Waals surface area contributed by atoms with Crippen LogP contribution < -0.4 is 9.47 Å². The Morgan fingerprint density at radius 2 is 1.82 bits per heavy atom. The molecule has 0 amide bonds. The van der Waals surface area contributed by atoms with E-state index in [4.69, 9.17) is 21.1 Å². The fourth-order valence-corrected chi connectivity index (χ4v) is 2.23. The molecule has 0 heterocycles. The Kier molecular flexibility index (Phi) is 5.63. The van der Waals surface area contributed by atoms with E-state index < -0.39 is 0 Å². The molecule has 0 fully saturated rings. The summed E-state index contributed by atoms with van der Waals surface area (Å²) in [7, 11) is 3.29. The molecule has 2 unspecified atom stereocenters. The molecule has 0 N–H and O–H groups in total. The second-order valence-corrected chi connectivity index (χ2v) is 4.77. The van der Waals surface area contributed by atoms with Crippen LogP contribution in [-0.4, -0.2) is 19.6 Å². The van der Waals surface area contributed by atoms with Crippen LogP contribution in [-0.2, 0) is 0 Å². The van der Waals surface area contributed by atoms with Crippen molar-refractivity contribution in [1.82, 2.24) is 0 Å². The lowest BCUT2D eigenvalue weighted by Crippen LogP contribution is -2.09. The molecule has 1 rings (SSSR count). The van der Waals surface area contributed by atoms with E-state index in [9.17, 15) is 0 Å². The highest BCUT2D eigenvalue weighted by Crippen LogP contribution is 2.33. The van der Waals surface area contributed by atoms with Gasteiger partial charge in [-0.05, 0) is 30.0 Å². The van der Waals surface area contributed by atoms with Crippen LogP contribution in [0, 0.1) is 0 Å². The molecule has 1 aromatic rings. The number of halogens is 1. The van der Waals surface area contributed by atoms with Gasteiger partial charge in [-0.3, -0.25) is 0 Å². The number of rotatable bonds is 6. The molecular formula is C14H21ClO2. The summed E-state index contributed by atoms with van der Waals surface area (Å²) >= 11 is 6.36. The first-order chi connectivity index (χ1) is 8.13. The van der Waals surface area contributed by atoms with Crippen molar-refractivity contribution >= 4 is 11.6 Å². The molecule has 1 aromatic carbocycles. The molecule has 2 nitrogen and oxygen atoms in total. The lowest BCUT2D eigenvalue weighted by Gasteiger charge is -2.19. The highest BCUT2D eigenvalue weighted by Gasteiger charge is 2.17. The van der Waals surface area contributed by atoms with Gasteiger partial charge < -0.3 is 9.47 Å². The maximum Gasteiger partial charge on any atom is 0.160 e. The summed E-state index contributed by atoms with van der Waals surface area (Å²) in [4.78, 5) is 0. The van der Waals surface area contributed by atoms with Gasteiger partial charge in [0.1, 0.15) is 0 Å². The van der Waals surface area contributed by atoms with Crippen LogP contribution in [0.5, 0.6) is 11.5 Å². The lowest BCUT2D eigenvalue weighted by molar-refractivity contribution is 0.354. The zero-order valence-corrected chi connectivity index (χ0v) is 11.8. The van der Waals surface area contributed by atoms with E-state index in [0.29, 0.717) is 5.92 Å². The largest absolute Gasteiger partial charge is 0.493 e. The van der Waals surface area contributed by atoms with E-state index in [2.05, 4.69) is 19.9 Å². The molecule has 0 aliphatic carbocycles. The Labute approximate surface area is 109 Å². The van der Waals surface area contributed by atoms with Gasteiger partial charge in [-0.25, -0.2) is 0 Å². The second kappa shape index (κ2) is 6.75. The molecule has 17 heavy (non-hydrogen) atoms. The van der Waals surface area contributed by atoms with Gasteiger partial charge in [0.25, 0.3) is 0 Å². The zero-order chi connectivity index (χ0) is 12.8. The van der Waals surface area contributed by atoms with Crippen molar-refractivity contribution in [1.29, 1.82) is 0 Å². The number of ether oxygens (including phenoxy) is 2. The highest BCUT2D eigenvalue weighted by molar-refractivity contribution is 6.21. The summed E-state index contributed by atoms with van der Waals surface area (Å²) in [6, 6.07) is 5.99. The van der Waals surface area contributed by atoms with Crippen molar-refractivity contribution in [2.24, 2.45) is 0 Å². The SMILES string of the molecule is CCCC(Cl)C(C)c1ccc(OC)c(OC)c1. The smallest absolute Gasteiger partial charge is 0.160 e. The Hall–Kier alpha value is -0.890. The third kappa shape index (κ3) is 3.53. The number of hydrogen-bond acceptors (Lipinski definition) is 2. The van der Waals surface area contributed by atoms with Crippen LogP contribution >= 0.6 is 11.6 Å². The van der Waals surface area contributed by atoms with Gasteiger partial charge >= 0.3 is 0 Å². The molecule has 0 aliphatic heterocycles. The number of benzene rings is 1. The first-order valence-electron chi connectivity index (χ1n) is 6.00. The first-order valence-corrected chi connectivity index (χ1v) is 6.43. The summed E-state index contributed by atoms with van der Waals surface area (Å²) in [6.45, 7) is 4.30. The lowest BCUT2D eigenvalue weighted by atomic mass is 9.95. The second-order valence-electron chi connectivity index (χ2n) is 4.21. The van der Waals surface area contributed by atoms with E-state index in [1.807, 2.05) is 12.1 Å². The van der Waals surface area contributed by atoms with Crippen molar-refractivity contribution < 1.29 is 9.47 Å². The molecule has 0 aromatic heterocycles.